The van der Waals surface area contributed by atoms with Crippen molar-refractivity contribution in [2.45, 2.75) is 38.0 Å². The Bertz CT molecular complexity index is 514. The van der Waals surface area contributed by atoms with Crippen molar-refractivity contribution in [3.63, 3.8) is 0 Å². The number of amides is 1. The fourth-order valence-corrected chi connectivity index (χ4v) is 2.99. The van der Waals surface area contributed by atoms with Gasteiger partial charge >= 0.3 is 5.97 Å². The summed E-state index contributed by atoms with van der Waals surface area (Å²) in [5.74, 6) is 0.406. The Labute approximate surface area is 129 Å². The van der Waals surface area contributed by atoms with Crippen LogP contribution in [0.3, 0.4) is 0 Å². The van der Waals surface area contributed by atoms with E-state index in [0.29, 0.717) is 18.1 Å². The van der Waals surface area contributed by atoms with E-state index in [-0.39, 0.29) is 5.91 Å². The lowest BCUT2D eigenvalue weighted by Gasteiger charge is -2.13. The minimum Gasteiger partial charge on any atom is -0.480 e. The average Bonchev–Trinajstić information content (AvgIpc) is 3.22. The first-order valence-electron chi connectivity index (χ1n) is 7.20. The molecule has 0 bridgehead atoms. The summed E-state index contributed by atoms with van der Waals surface area (Å²) in [6.45, 7) is 2.04. The maximum absolute atomic E-state index is 11.8. The predicted molar refractivity (Wildman–Crippen MR) is 84.2 cm³/mol. The van der Waals surface area contributed by atoms with Gasteiger partial charge in [-0.2, -0.15) is 0 Å². The van der Waals surface area contributed by atoms with Crippen LogP contribution in [0, 0.1) is 12.8 Å². The largest absolute Gasteiger partial charge is 0.480 e. The lowest BCUT2D eigenvalue weighted by molar-refractivity contribution is -0.141. The minimum absolute atomic E-state index is 0.194. The van der Waals surface area contributed by atoms with Gasteiger partial charge in [-0.3, -0.25) is 4.79 Å². The monoisotopic (exact) mass is 307 g/mol. The highest BCUT2D eigenvalue weighted by Gasteiger charge is 2.30. The van der Waals surface area contributed by atoms with Crippen LogP contribution < -0.4 is 5.32 Å². The van der Waals surface area contributed by atoms with Crippen molar-refractivity contribution in [1.29, 1.82) is 0 Å². The van der Waals surface area contributed by atoms with E-state index < -0.39 is 12.0 Å². The Morgan fingerprint density at radius 1 is 1.43 bits per heavy atom. The summed E-state index contributed by atoms with van der Waals surface area (Å²) in [5.41, 5.74) is 2.38. The molecule has 5 heteroatoms. The van der Waals surface area contributed by atoms with Crippen molar-refractivity contribution < 1.29 is 14.7 Å². The number of hydrogen-bond acceptors (Lipinski definition) is 3. The summed E-state index contributed by atoms with van der Waals surface area (Å²) in [7, 11) is 0. The molecular formula is C16H21NO3S. The van der Waals surface area contributed by atoms with E-state index >= 15 is 0 Å². The maximum Gasteiger partial charge on any atom is 0.326 e. The zero-order valence-electron chi connectivity index (χ0n) is 12.2. The van der Waals surface area contributed by atoms with E-state index in [1.165, 1.54) is 22.9 Å². The molecule has 1 fully saturated rings. The molecule has 0 saturated heterocycles. The van der Waals surface area contributed by atoms with Crippen molar-refractivity contribution in [1.82, 2.24) is 5.32 Å². The van der Waals surface area contributed by atoms with Gasteiger partial charge in [-0.1, -0.05) is 42.7 Å². The molecule has 2 N–H and O–H groups in total. The average molecular weight is 307 g/mol. The highest BCUT2D eigenvalue weighted by Crippen LogP contribution is 2.33. The second-order valence-electron chi connectivity index (χ2n) is 5.62. The van der Waals surface area contributed by atoms with Crippen LogP contribution in [0.25, 0.3) is 0 Å². The van der Waals surface area contributed by atoms with Crippen LogP contribution in [-0.4, -0.2) is 28.8 Å². The van der Waals surface area contributed by atoms with Crippen LogP contribution in [0.4, 0.5) is 0 Å². The number of aliphatic carboxylic acids is 1. The molecule has 0 aliphatic heterocycles. The second-order valence-corrected chi connectivity index (χ2v) is 6.60. The van der Waals surface area contributed by atoms with Gasteiger partial charge in [0.25, 0.3) is 0 Å². The Morgan fingerprint density at radius 2 is 2.19 bits per heavy atom. The Morgan fingerprint density at radius 3 is 2.81 bits per heavy atom. The van der Waals surface area contributed by atoms with Crippen molar-refractivity contribution in [2.75, 3.05) is 5.75 Å². The highest BCUT2D eigenvalue weighted by atomic mass is 32.2. The van der Waals surface area contributed by atoms with Crippen LogP contribution >= 0.6 is 11.8 Å². The first kappa shape index (κ1) is 15.9. The first-order valence-corrected chi connectivity index (χ1v) is 8.35. The molecule has 4 nitrogen and oxygen atoms in total. The third kappa shape index (κ3) is 5.79. The molecule has 0 aromatic heterocycles. The van der Waals surface area contributed by atoms with Gasteiger partial charge in [0.1, 0.15) is 6.04 Å². The van der Waals surface area contributed by atoms with E-state index in [0.717, 1.165) is 18.6 Å². The highest BCUT2D eigenvalue weighted by molar-refractivity contribution is 7.99. The fourth-order valence-electron chi connectivity index (χ4n) is 2.21. The van der Waals surface area contributed by atoms with E-state index in [4.69, 9.17) is 5.11 Å². The Kier molecular flexibility index (Phi) is 5.67. The van der Waals surface area contributed by atoms with Gasteiger partial charge in [0, 0.05) is 5.75 Å². The van der Waals surface area contributed by atoms with E-state index in [9.17, 15) is 9.59 Å². The van der Waals surface area contributed by atoms with Crippen LogP contribution in [0.2, 0.25) is 0 Å². The Hall–Kier alpha value is -1.49. The van der Waals surface area contributed by atoms with Gasteiger partial charge < -0.3 is 10.4 Å². The molecule has 21 heavy (non-hydrogen) atoms. The SMILES string of the molecule is Cc1cccc(CSCC(=O)NC(CC2CC2)C(=O)O)c1. The van der Waals surface area contributed by atoms with Crippen LogP contribution in [0.5, 0.6) is 0 Å². The van der Waals surface area contributed by atoms with Gasteiger partial charge in [0.05, 0.1) is 5.75 Å². The number of carboxylic acid groups (broad SMARTS) is 1. The summed E-state index contributed by atoms with van der Waals surface area (Å²) in [4.78, 5) is 22.9. The molecule has 1 amide bonds. The van der Waals surface area contributed by atoms with Crippen LogP contribution in [-0.2, 0) is 15.3 Å². The third-order valence-electron chi connectivity index (χ3n) is 3.48. The van der Waals surface area contributed by atoms with E-state index in [1.54, 1.807) is 0 Å². The molecule has 2 rings (SSSR count). The summed E-state index contributed by atoms with van der Waals surface area (Å²) < 4.78 is 0. The van der Waals surface area contributed by atoms with Gasteiger partial charge in [-0.05, 0) is 24.8 Å². The number of thioether (sulfide) groups is 1. The summed E-state index contributed by atoms with van der Waals surface area (Å²) in [6.07, 6.45) is 2.73. The molecule has 114 valence electrons. The summed E-state index contributed by atoms with van der Waals surface area (Å²) in [6, 6.07) is 7.44. The van der Waals surface area contributed by atoms with Crippen molar-refractivity contribution in [3.05, 3.63) is 35.4 Å². The zero-order chi connectivity index (χ0) is 15.2. The van der Waals surface area contributed by atoms with E-state index in [1.807, 2.05) is 25.1 Å². The number of carboxylic acids is 1. The number of rotatable bonds is 8. The van der Waals surface area contributed by atoms with Gasteiger partial charge in [-0.15, -0.1) is 11.8 Å². The second kappa shape index (κ2) is 7.50. The number of carbonyl (C=O) groups is 2. The number of carbonyl (C=O) groups excluding carboxylic acids is 1. The number of benzene rings is 1. The molecule has 0 spiro atoms. The third-order valence-corrected chi connectivity index (χ3v) is 4.49. The van der Waals surface area contributed by atoms with E-state index in [2.05, 4.69) is 11.4 Å². The molecule has 1 atom stereocenters. The smallest absolute Gasteiger partial charge is 0.326 e. The molecule has 1 saturated carbocycles. The zero-order valence-corrected chi connectivity index (χ0v) is 13.0. The molecule has 1 aromatic carbocycles. The van der Waals surface area contributed by atoms with Crippen LogP contribution in [0.15, 0.2) is 24.3 Å². The molecule has 1 aromatic rings. The lowest BCUT2D eigenvalue weighted by atomic mass is 10.1. The van der Waals surface area contributed by atoms with Gasteiger partial charge in [0.2, 0.25) is 5.91 Å². The summed E-state index contributed by atoms with van der Waals surface area (Å²) >= 11 is 1.51. The Balaban J connectivity index is 1.71. The van der Waals surface area contributed by atoms with Crippen molar-refractivity contribution >= 4 is 23.6 Å². The standard InChI is InChI=1S/C16H21NO3S/c1-11-3-2-4-13(7-11)9-21-10-15(18)17-14(16(19)20)8-12-5-6-12/h2-4,7,12,14H,5-6,8-10H2,1H3,(H,17,18)(H,19,20). The molecule has 0 heterocycles. The summed E-state index contributed by atoms with van der Waals surface area (Å²) in [5, 5.41) is 11.7. The van der Waals surface area contributed by atoms with Gasteiger partial charge in [-0.25, -0.2) is 4.79 Å². The molecular weight excluding hydrogens is 286 g/mol. The normalized spacial score (nSPS) is 15.5. The van der Waals surface area contributed by atoms with Crippen molar-refractivity contribution in [2.24, 2.45) is 5.92 Å². The maximum atomic E-state index is 11.8. The lowest BCUT2D eigenvalue weighted by Crippen LogP contribution is -2.42. The molecule has 1 aliphatic rings. The molecule has 0 radical (unpaired) electrons. The van der Waals surface area contributed by atoms with Crippen molar-refractivity contribution in [3.8, 4) is 0 Å². The van der Waals surface area contributed by atoms with Crippen LogP contribution in [0.1, 0.15) is 30.4 Å². The van der Waals surface area contributed by atoms with Gasteiger partial charge in [0.15, 0.2) is 0 Å². The first-order chi connectivity index (χ1) is 10.0. The quantitative estimate of drug-likeness (QED) is 0.775. The number of hydrogen-bond donors (Lipinski definition) is 2. The number of aryl methyl sites for hydroxylation is 1. The minimum atomic E-state index is -0.932. The number of nitrogens with one attached hydrogen (secondary N) is 1. The topological polar surface area (TPSA) is 66.4 Å². The predicted octanol–water partition coefficient (Wildman–Crippen LogP) is 2.60. The molecule has 1 unspecified atom stereocenters. The fraction of sp³-hybridized carbons (Fsp3) is 0.500. The molecule has 1 aliphatic carbocycles.